The van der Waals surface area contributed by atoms with Gasteiger partial charge in [-0.25, -0.2) is 19.3 Å². The molecule has 0 radical (unpaired) electrons. The number of fused-ring (bicyclic) bond motifs is 3. The maximum atomic E-state index is 14.6. The van der Waals surface area contributed by atoms with Gasteiger partial charge in [-0.1, -0.05) is 11.6 Å². The molecule has 2 aliphatic carbocycles. The highest BCUT2D eigenvalue weighted by molar-refractivity contribution is 6.31. The summed E-state index contributed by atoms with van der Waals surface area (Å²) in [5, 5.41) is 4.55. The number of hydrogen-bond acceptors (Lipinski definition) is 5. The molecule has 5 rings (SSSR count). The van der Waals surface area contributed by atoms with Gasteiger partial charge in [0.1, 0.15) is 5.65 Å². The first-order valence-electron chi connectivity index (χ1n) is 10.0. The third-order valence-corrected chi connectivity index (χ3v) is 6.58. The summed E-state index contributed by atoms with van der Waals surface area (Å²) in [6.07, 6.45) is 7.32. The van der Waals surface area contributed by atoms with Gasteiger partial charge < -0.3 is 15.2 Å². The van der Waals surface area contributed by atoms with Gasteiger partial charge in [-0.3, -0.25) is 4.79 Å². The number of H-pyrrole nitrogens is 1. The van der Waals surface area contributed by atoms with E-state index in [0.29, 0.717) is 28.0 Å². The lowest BCUT2D eigenvalue weighted by Crippen LogP contribution is -2.40. The predicted octanol–water partition coefficient (Wildman–Crippen LogP) is 3.73. The Kier molecular flexibility index (Phi) is 4.61. The van der Waals surface area contributed by atoms with Gasteiger partial charge in [0.2, 0.25) is 5.91 Å². The molecule has 3 heterocycles. The van der Waals surface area contributed by atoms with E-state index in [4.69, 9.17) is 11.6 Å². The standard InChI is InChI=1S/C21H22ClFN6O/c1-29(2)21(30)14-4-10-3-12(14)17(5-10)27-20-16(23)9-26-19(28-20)15-8-25-18-13(15)6-11(22)7-24-18/h6-10,12,14,17H,3-5H2,1-2H3,(H,24,25)(H,26,27,28). The van der Waals surface area contributed by atoms with Gasteiger partial charge in [0, 0.05) is 49.4 Å². The lowest BCUT2D eigenvalue weighted by molar-refractivity contribution is -0.134. The molecule has 2 aliphatic rings. The molecule has 4 atom stereocenters. The number of pyridine rings is 1. The lowest BCUT2D eigenvalue weighted by atomic mass is 9.84. The number of halogens is 2. The summed E-state index contributed by atoms with van der Waals surface area (Å²) in [7, 11) is 3.57. The Hall–Kier alpha value is -2.74. The van der Waals surface area contributed by atoms with E-state index in [-0.39, 0.29) is 29.6 Å². The third kappa shape index (κ3) is 3.19. The first-order valence-corrected chi connectivity index (χ1v) is 10.4. The van der Waals surface area contributed by atoms with Crippen molar-refractivity contribution in [3.05, 3.63) is 35.5 Å². The Balaban J connectivity index is 1.43. The zero-order valence-electron chi connectivity index (χ0n) is 16.7. The summed E-state index contributed by atoms with van der Waals surface area (Å²) in [6, 6.07) is 1.80. The second-order valence-corrected chi connectivity index (χ2v) is 8.91. The van der Waals surface area contributed by atoms with Crippen molar-refractivity contribution in [2.24, 2.45) is 17.8 Å². The van der Waals surface area contributed by atoms with E-state index < -0.39 is 5.82 Å². The first kappa shape index (κ1) is 19.2. The fourth-order valence-corrected chi connectivity index (χ4v) is 5.23. The Morgan fingerprint density at radius 2 is 2.10 bits per heavy atom. The molecular weight excluding hydrogens is 407 g/mol. The Morgan fingerprint density at radius 1 is 1.27 bits per heavy atom. The van der Waals surface area contributed by atoms with Crippen LogP contribution in [0.4, 0.5) is 10.2 Å². The molecule has 2 fully saturated rings. The van der Waals surface area contributed by atoms with E-state index >= 15 is 0 Å². The van der Waals surface area contributed by atoms with Crippen LogP contribution in [-0.2, 0) is 4.79 Å². The van der Waals surface area contributed by atoms with Crippen LogP contribution in [0.1, 0.15) is 19.3 Å². The van der Waals surface area contributed by atoms with E-state index in [0.717, 1.165) is 24.6 Å². The molecular formula is C21H22ClFN6O. The highest BCUT2D eigenvalue weighted by atomic mass is 35.5. The number of anilines is 1. The third-order valence-electron chi connectivity index (χ3n) is 6.38. The molecule has 1 amide bonds. The highest BCUT2D eigenvalue weighted by Gasteiger charge is 2.49. The van der Waals surface area contributed by atoms with Gasteiger partial charge in [-0.15, -0.1) is 0 Å². The molecule has 9 heteroatoms. The fraction of sp³-hybridized carbons (Fsp3) is 0.429. The number of rotatable bonds is 4. The van der Waals surface area contributed by atoms with Gasteiger partial charge >= 0.3 is 0 Å². The highest BCUT2D eigenvalue weighted by Crippen LogP contribution is 2.50. The van der Waals surface area contributed by atoms with Crippen molar-refractivity contribution in [1.82, 2.24) is 24.8 Å². The van der Waals surface area contributed by atoms with E-state index in [1.54, 1.807) is 37.5 Å². The van der Waals surface area contributed by atoms with Gasteiger partial charge in [0.15, 0.2) is 17.5 Å². The molecule has 2 saturated carbocycles. The quantitative estimate of drug-likeness (QED) is 0.661. The number of nitrogens with one attached hydrogen (secondary N) is 2. The molecule has 7 nitrogen and oxygen atoms in total. The number of carbonyl (C=O) groups excluding carboxylic acids is 1. The number of hydrogen-bond donors (Lipinski definition) is 2. The van der Waals surface area contributed by atoms with Crippen LogP contribution < -0.4 is 5.32 Å². The largest absolute Gasteiger partial charge is 0.364 e. The molecule has 156 valence electrons. The van der Waals surface area contributed by atoms with Crippen molar-refractivity contribution in [3.8, 4) is 11.4 Å². The molecule has 3 aromatic heterocycles. The van der Waals surface area contributed by atoms with Crippen molar-refractivity contribution in [1.29, 1.82) is 0 Å². The summed E-state index contributed by atoms with van der Waals surface area (Å²) in [5.74, 6) is 0.874. The minimum absolute atomic E-state index is 0.0116. The van der Waals surface area contributed by atoms with E-state index in [2.05, 4.69) is 25.3 Å². The number of nitrogens with zero attached hydrogens (tertiary/aromatic N) is 4. The normalized spacial score (nSPS) is 25.1. The first-order chi connectivity index (χ1) is 14.4. The maximum absolute atomic E-state index is 14.6. The Labute approximate surface area is 178 Å². The summed E-state index contributed by atoms with van der Waals surface area (Å²) < 4.78 is 14.6. The van der Waals surface area contributed by atoms with Crippen LogP contribution >= 0.6 is 11.6 Å². The second kappa shape index (κ2) is 7.19. The molecule has 0 aliphatic heterocycles. The molecule has 0 aromatic carbocycles. The number of amides is 1. The minimum Gasteiger partial charge on any atom is -0.364 e. The topological polar surface area (TPSA) is 86.8 Å². The molecule has 3 aromatic rings. The van der Waals surface area contributed by atoms with Gasteiger partial charge in [-0.05, 0) is 37.2 Å². The lowest BCUT2D eigenvalue weighted by Gasteiger charge is -2.31. The van der Waals surface area contributed by atoms with E-state index in [1.165, 1.54) is 6.20 Å². The van der Waals surface area contributed by atoms with Crippen molar-refractivity contribution in [3.63, 3.8) is 0 Å². The van der Waals surface area contributed by atoms with Crippen LogP contribution in [-0.4, -0.2) is 50.9 Å². The van der Waals surface area contributed by atoms with E-state index in [1.807, 2.05) is 0 Å². The number of carbonyl (C=O) groups is 1. The van der Waals surface area contributed by atoms with Gasteiger partial charge in [0.25, 0.3) is 0 Å². The van der Waals surface area contributed by atoms with Crippen molar-refractivity contribution in [2.75, 3.05) is 19.4 Å². The smallest absolute Gasteiger partial charge is 0.225 e. The summed E-state index contributed by atoms with van der Waals surface area (Å²) in [5.41, 5.74) is 1.37. The molecule has 2 N–H and O–H groups in total. The number of aromatic amines is 1. The molecule has 30 heavy (non-hydrogen) atoms. The average Bonchev–Trinajstić information content (AvgIpc) is 3.42. The van der Waals surface area contributed by atoms with Crippen LogP contribution in [0.15, 0.2) is 24.7 Å². The Bertz CT molecular complexity index is 1130. The summed E-state index contributed by atoms with van der Waals surface area (Å²) >= 11 is 6.08. The maximum Gasteiger partial charge on any atom is 0.225 e. The van der Waals surface area contributed by atoms with Crippen LogP contribution in [0.5, 0.6) is 0 Å². The summed E-state index contributed by atoms with van der Waals surface area (Å²) in [6.45, 7) is 0. The fourth-order valence-electron chi connectivity index (χ4n) is 5.07. The Morgan fingerprint density at radius 3 is 2.87 bits per heavy atom. The zero-order valence-corrected chi connectivity index (χ0v) is 17.4. The zero-order chi connectivity index (χ0) is 21.0. The monoisotopic (exact) mass is 428 g/mol. The van der Waals surface area contributed by atoms with Crippen LogP contribution in [0.2, 0.25) is 5.02 Å². The van der Waals surface area contributed by atoms with Crippen LogP contribution in [0.3, 0.4) is 0 Å². The van der Waals surface area contributed by atoms with Gasteiger partial charge in [0.05, 0.1) is 11.2 Å². The molecule has 0 spiro atoms. The van der Waals surface area contributed by atoms with Crippen LogP contribution in [0.25, 0.3) is 22.4 Å². The molecule has 0 saturated heterocycles. The SMILES string of the molecule is CN(C)C(=O)C1CC2CC(Nc3nc(-c4c[nH]c5ncc(Cl)cc45)ncc3F)C1C2. The van der Waals surface area contributed by atoms with Crippen molar-refractivity contribution < 1.29 is 9.18 Å². The molecule has 2 bridgehead atoms. The van der Waals surface area contributed by atoms with Crippen LogP contribution in [0, 0.1) is 23.6 Å². The van der Waals surface area contributed by atoms with Crippen molar-refractivity contribution in [2.45, 2.75) is 25.3 Å². The number of aromatic nitrogens is 4. The van der Waals surface area contributed by atoms with Gasteiger partial charge in [-0.2, -0.15) is 0 Å². The summed E-state index contributed by atoms with van der Waals surface area (Å²) in [4.78, 5) is 30.1. The van der Waals surface area contributed by atoms with E-state index in [9.17, 15) is 9.18 Å². The predicted molar refractivity (Wildman–Crippen MR) is 113 cm³/mol. The van der Waals surface area contributed by atoms with Crippen molar-refractivity contribution >= 4 is 34.4 Å². The minimum atomic E-state index is -0.506. The second-order valence-electron chi connectivity index (χ2n) is 8.47. The molecule has 4 unspecified atom stereocenters. The average molecular weight is 429 g/mol.